The molecule has 4 heteroatoms. The number of nitrogens with two attached hydrogens (primary N) is 1. The van der Waals surface area contributed by atoms with Gasteiger partial charge in [0.2, 0.25) is 0 Å². The third kappa shape index (κ3) is 4.10. The molecule has 1 aromatic rings. The summed E-state index contributed by atoms with van der Waals surface area (Å²) in [5.74, 6) is 0.659. The molecule has 0 spiro atoms. The molecule has 0 saturated carbocycles. The molecule has 0 bridgehead atoms. The van der Waals surface area contributed by atoms with Crippen molar-refractivity contribution in [3.05, 3.63) is 23.8 Å². The van der Waals surface area contributed by atoms with Gasteiger partial charge in [0.25, 0.3) is 0 Å². The summed E-state index contributed by atoms with van der Waals surface area (Å²) in [6.45, 7) is 8.68. The van der Waals surface area contributed by atoms with Crippen molar-refractivity contribution >= 4 is 12.4 Å². The quantitative estimate of drug-likeness (QED) is 0.876. The first-order chi connectivity index (χ1) is 7.36. The van der Waals surface area contributed by atoms with Crippen molar-refractivity contribution in [3.8, 4) is 11.5 Å². The fraction of sp³-hybridized carbons (Fsp3) is 0.538. The minimum atomic E-state index is -0.0766. The van der Waals surface area contributed by atoms with Crippen LogP contribution < -0.4 is 10.5 Å². The molecule has 0 aliphatic heterocycles. The number of hydrogen-bond acceptors (Lipinski definition) is 3. The van der Waals surface area contributed by atoms with Gasteiger partial charge in [0.1, 0.15) is 0 Å². The van der Waals surface area contributed by atoms with Gasteiger partial charge < -0.3 is 15.6 Å². The molecule has 3 N–H and O–H groups in total. The summed E-state index contributed by atoms with van der Waals surface area (Å²) in [6, 6.07) is 5.21. The molecule has 0 aromatic heterocycles. The van der Waals surface area contributed by atoms with Crippen LogP contribution in [0.1, 0.15) is 39.3 Å². The predicted octanol–water partition coefficient (Wildman–Crippen LogP) is 3.26. The van der Waals surface area contributed by atoms with E-state index in [9.17, 15) is 5.11 Å². The lowest BCUT2D eigenvalue weighted by Gasteiger charge is -2.27. The van der Waals surface area contributed by atoms with E-state index in [4.69, 9.17) is 10.5 Å². The number of phenolic OH excluding ortho intramolecular Hbond substituents is 1. The van der Waals surface area contributed by atoms with E-state index in [2.05, 4.69) is 20.8 Å². The Morgan fingerprint density at radius 2 is 1.94 bits per heavy atom. The Morgan fingerprint density at radius 3 is 2.41 bits per heavy atom. The zero-order chi connectivity index (χ0) is 12.3. The summed E-state index contributed by atoms with van der Waals surface area (Å²) in [6.07, 6.45) is 0. The Labute approximate surface area is 109 Å². The van der Waals surface area contributed by atoms with Crippen LogP contribution in [0.2, 0.25) is 0 Å². The van der Waals surface area contributed by atoms with E-state index >= 15 is 0 Å². The number of hydrogen-bond donors (Lipinski definition) is 2. The predicted molar refractivity (Wildman–Crippen MR) is 72.9 cm³/mol. The van der Waals surface area contributed by atoms with Gasteiger partial charge in [0, 0.05) is 6.04 Å². The summed E-state index contributed by atoms with van der Waals surface area (Å²) >= 11 is 0. The van der Waals surface area contributed by atoms with E-state index in [1.54, 1.807) is 6.07 Å². The van der Waals surface area contributed by atoms with Crippen LogP contribution in [0, 0.1) is 5.41 Å². The lowest BCUT2D eigenvalue weighted by atomic mass is 9.83. The van der Waals surface area contributed by atoms with Gasteiger partial charge in [-0.2, -0.15) is 0 Å². The molecule has 1 aromatic carbocycles. The van der Waals surface area contributed by atoms with Gasteiger partial charge in [-0.1, -0.05) is 26.8 Å². The van der Waals surface area contributed by atoms with Crippen molar-refractivity contribution in [3.63, 3.8) is 0 Å². The fourth-order valence-corrected chi connectivity index (χ4v) is 1.50. The third-order valence-corrected chi connectivity index (χ3v) is 2.58. The average molecular weight is 260 g/mol. The highest BCUT2D eigenvalue weighted by Crippen LogP contribution is 2.35. The molecule has 0 saturated heterocycles. The second kappa shape index (κ2) is 6.12. The zero-order valence-corrected chi connectivity index (χ0v) is 11.7. The third-order valence-electron chi connectivity index (χ3n) is 2.58. The van der Waals surface area contributed by atoms with Crippen LogP contribution >= 0.6 is 12.4 Å². The Balaban J connectivity index is 0.00000256. The van der Waals surface area contributed by atoms with Crippen molar-refractivity contribution in [1.82, 2.24) is 0 Å². The monoisotopic (exact) mass is 259 g/mol. The van der Waals surface area contributed by atoms with Crippen molar-refractivity contribution in [1.29, 1.82) is 0 Å². The highest BCUT2D eigenvalue weighted by Gasteiger charge is 2.23. The average Bonchev–Trinajstić information content (AvgIpc) is 2.19. The molecule has 17 heavy (non-hydrogen) atoms. The maximum atomic E-state index is 9.58. The topological polar surface area (TPSA) is 55.5 Å². The molecule has 0 aliphatic rings. The summed E-state index contributed by atoms with van der Waals surface area (Å²) in [5.41, 5.74) is 7.12. The van der Waals surface area contributed by atoms with Crippen LogP contribution in [0.4, 0.5) is 0 Å². The highest BCUT2D eigenvalue weighted by molar-refractivity contribution is 5.85. The number of benzene rings is 1. The van der Waals surface area contributed by atoms with Gasteiger partial charge in [0.15, 0.2) is 11.5 Å². The molecule has 0 heterocycles. The summed E-state index contributed by atoms with van der Waals surface area (Å²) in [5, 5.41) is 9.58. The van der Waals surface area contributed by atoms with Crippen LogP contribution in [0.5, 0.6) is 11.5 Å². The SMILES string of the molecule is CCOc1cc([C@@H](N)C(C)(C)C)ccc1O.Cl. The van der Waals surface area contributed by atoms with Crippen LogP contribution in [0.15, 0.2) is 18.2 Å². The van der Waals surface area contributed by atoms with E-state index in [1.807, 2.05) is 19.1 Å². The molecule has 0 radical (unpaired) electrons. The smallest absolute Gasteiger partial charge is 0.161 e. The van der Waals surface area contributed by atoms with Gasteiger partial charge in [0.05, 0.1) is 6.61 Å². The van der Waals surface area contributed by atoms with Crippen LogP contribution in [-0.2, 0) is 0 Å². The molecular formula is C13H22ClNO2. The minimum absolute atomic E-state index is 0. The first kappa shape index (κ1) is 16.1. The van der Waals surface area contributed by atoms with E-state index < -0.39 is 0 Å². The minimum Gasteiger partial charge on any atom is -0.504 e. The lowest BCUT2D eigenvalue weighted by Crippen LogP contribution is -2.26. The molecule has 1 atom stereocenters. The lowest BCUT2D eigenvalue weighted by molar-refractivity contribution is 0.309. The number of rotatable bonds is 3. The maximum absolute atomic E-state index is 9.58. The van der Waals surface area contributed by atoms with E-state index in [0.29, 0.717) is 12.4 Å². The second-order valence-electron chi connectivity index (χ2n) is 5.00. The van der Waals surface area contributed by atoms with E-state index in [0.717, 1.165) is 5.56 Å². The normalized spacial score (nSPS) is 12.8. The van der Waals surface area contributed by atoms with Crippen LogP contribution in [0.3, 0.4) is 0 Å². The Kier molecular flexibility index (Phi) is 5.79. The number of aromatic hydroxyl groups is 1. The van der Waals surface area contributed by atoms with E-state index in [1.165, 1.54) is 0 Å². The largest absolute Gasteiger partial charge is 0.504 e. The molecule has 0 amide bonds. The molecule has 0 fully saturated rings. The number of halogens is 1. The first-order valence-corrected chi connectivity index (χ1v) is 5.57. The fourth-order valence-electron chi connectivity index (χ4n) is 1.50. The van der Waals surface area contributed by atoms with Gasteiger partial charge in [-0.3, -0.25) is 0 Å². The Bertz CT molecular complexity index is 361. The summed E-state index contributed by atoms with van der Waals surface area (Å²) in [4.78, 5) is 0. The molecule has 0 unspecified atom stereocenters. The van der Waals surface area contributed by atoms with Gasteiger partial charge in [-0.15, -0.1) is 12.4 Å². The molecular weight excluding hydrogens is 238 g/mol. The molecule has 1 rings (SSSR count). The van der Waals surface area contributed by atoms with E-state index in [-0.39, 0.29) is 29.6 Å². The van der Waals surface area contributed by atoms with Gasteiger partial charge in [-0.25, -0.2) is 0 Å². The van der Waals surface area contributed by atoms with Gasteiger partial charge >= 0.3 is 0 Å². The Hall–Kier alpha value is -0.930. The number of phenols is 1. The van der Waals surface area contributed by atoms with Crippen molar-refractivity contribution in [2.75, 3.05) is 6.61 Å². The molecule has 98 valence electrons. The van der Waals surface area contributed by atoms with Crippen LogP contribution in [0.25, 0.3) is 0 Å². The molecule has 3 nitrogen and oxygen atoms in total. The standard InChI is InChI=1S/C13H21NO2.ClH/c1-5-16-11-8-9(6-7-10(11)15)12(14)13(2,3)4;/h6-8,12,15H,5,14H2,1-4H3;1H/t12-;/m1./s1. The highest BCUT2D eigenvalue weighted by atomic mass is 35.5. The summed E-state index contributed by atoms with van der Waals surface area (Å²) < 4.78 is 5.33. The van der Waals surface area contributed by atoms with Crippen molar-refractivity contribution in [2.24, 2.45) is 11.1 Å². The van der Waals surface area contributed by atoms with Crippen LogP contribution in [-0.4, -0.2) is 11.7 Å². The van der Waals surface area contributed by atoms with Gasteiger partial charge in [-0.05, 0) is 30.0 Å². The van der Waals surface area contributed by atoms with Crippen molar-refractivity contribution < 1.29 is 9.84 Å². The maximum Gasteiger partial charge on any atom is 0.161 e. The van der Waals surface area contributed by atoms with Crippen molar-refractivity contribution in [2.45, 2.75) is 33.7 Å². The first-order valence-electron chi connectivity index (χ1n) is 5.57. The Morgan fingerprint density at radius 1 is 1.35 bits per heavy atom. The zero-order valence-electron chi connectivity index (χ0n) is 10.9. The summed E-state index contributed by atoms with van der Waals surface area (Å²) in [7, 11) is 0. The molecule has 0 aliphatic carbocycles. The second-order valence-corrected chi connectivity index (χ2v) is 5.00. The number of ether oxygens (including phenoxy) is 1.